The number of rotatable bonds is 10. The third kappa shape index (κ3) is 7.59. The molecule has 0 aliphatic carbocycles. The Kier molecular flexibility index (Phi) is 9.61. The molecule has 0 saturated heterocycles. The summed E-state index contributed by atoms with van der Waals surface area (Å²) in [5.41, 5.74) is 0.114. The minimum atomic E-state index is -1.02. The van der Waals surface area contributed by atoms with Gasteiger partial charge in [0, 0.05) is 30.7 Å². The SMILES string of the molecule is CC=C(C)[C@@H](O)[C@@H](C)C=C[C@H](O)[C@H](C)[C@@H](O)C[C@H](O)Cc1cc(O)cc(=O)o1. The minimum absolute atomic E-state index is 0.0404. The van der Waals surface area contributed by atoms with Crippen LogP contribution >= 0.6 is 0 Å². The van der Waals surface area contributed by atoms with Crippen LogP contribution < -0.4 is 5.63 Å². The van der Waals surface area contributed by atoms with Gasteiger partial charge in [0.25, 0.3) is 0 Å². The van der Waals surface area contributed by atoms with Crippen LogP contribution in [0, 0.1) is 11.8 Å². The third-order valence-electron chi connectivity index (χ3n) is 4.93. The second kappa shape index (κ2) is 11.2. The van der Waals surface area contributed by atoms with Crippen LogP contribution in [0.15, 0.2) is 45.1 Å². The standard InChI is InChI=1S/C21H32O7/c1-5-12(2)21(27)13(3)6-7-18(24)14(4)19(25)10-15(22)8-17-9-16(23)11-20(26)28-17/h5-7,9,11,13-15,18-19,21-25,27H,8,10H2,1-4H3/t13-,14-,15+,18-,19-,21+/m0/s1. The Hall–Kier alpha value is -1.93. The number of aromatic hydroxyl groups is 1. The van der Waals surface area contributed by atoms with Crippen LogP contribution in [0.2, 0.25) is 0 Å². The van der Waals surface area contributed by atoms with E-state index in [0.29, 0.717) is 0 Å². The van der Waals surface area contributed by atoms with Gasteiger partial charge in [0.15, 0.2) is 0 Å². The Morgan fingerprint density at radius 2 is 1.79 bits per heavy atom. The van der Waals surface area contributed by atoms with E-state index in [2.05, 4.69) is 0 Å². The zero-order chi connectivity index (χ0) is 21.4. The first-order valence-corrected chi connectivity index (χ1v) is 9.41. The van der Waals surface area contributed by atoms with E-state index in [1.807, 2.05) is 26.8 Å². The van der Waals surface area contributed by atoms with Crippen molar-refractivity contribution in [2.45, 2.75) is 65.0 Å². The van der Waals surface area contributed by atoms with Crippen molar-refractivity contribution >= 4 is 0 Å². The summed E-state index contributed by atoms with van der Waals surface area (Å²) in [6.07, 6.45) is 1.34. The van der Waals surface area contributed by atoms with E-state index in [4.69, 9.17) is 4.42 Å². The smallest absolute Gasteiger partial charge is 0.339 e. The van der Waals surface area contributed by atoms with Crippen LogP contribution in [-0.4, -0.2) is 49.9 Å². The van der Waals surface area contributed by atoms with E-state index in [0.717, 1.165) is 11.6 Å². The highest BCUT2D eigenvalue weighted by atomic mass is 16.4. The monoisotopic (exact) mass is 396 g/mol. The van der Waals surface area contributed by atoms with Crippen LogP contribution in [0.3, 0.4) is 0 Å². The van der Waals surface area contributed by atoms with Crippen molar-refractivity contribution in [3.63, 3.8) is 0 Å². The first-order valence-electron chi connectivity index (χ1n) is 9.41. The molecular formula is C21H32O7. The molecule has 0 spiro atoms. The van der Waals surface area contributed by atoms with E-state index in [1.54, 1.807) is 13.0 Å². The van der Waals surface area contributed by atoms with Crippen molar-refractivity contribution in [3.05, 3.63) is 52.1 Å². The highest BCUT2D eigenvalue weighted by Crippen LogP contribution is 2.19. The molecule has 158 valence electrons. The van der Waals surface area contributed by atoms with E-state index in [9.17, 15) is 30.3 Å². The molecule has 0 saturated carbocycles. The Morgan fingerprint density at radius 3 is 2.36 bits per heavy atom. The molecule has 1 rings (SSSR count). The molecule has 7 nitrogen and oxygen atoms in total. The molecule has 7 heteroatoms. The molecule has 6 atom stereocenters. The second-order valence-electron chi connectivity index (χ2n) is 7.33. The highest BCUT2D eigenvalue weighted by molar-refractivity contribution is 5.18. The van der Waals surface area contributed by atoms with E-state index < -0.39 is 36.0 Å². The summed E-state index contributed by atoms with van der Waals surface area (Å²) in [5.74, 6) is -0.902. The summed E-state index contributed by atoms with van der Waals surface area (Å²) < 4.78 is 4.89. The molecule has 0 aromatic carbocycles. The van der Waals surface area contributed by atoms with Gasteiger partial charge in [0.2, 0.25) is 0 Å². The Balaban J connectivity index is 2.61. The molecule has 28 heavy (non-hydrogen) atoms. The predicted octanol–water partition coefficient (Wildman–Crippen LogP) is 1.52. The van der Waals surface area contributed by atoms with Gasteiger partial charge in [-0.1, -0.05) is 32.1 Å². The number of aliphatic hydroxyl groups is 4. The van der Waals surface area contributed by atoms with Gasteiger partial charge in [-0.05, 0) is 19.4 Å². The second-order valence-corrected chi connectivity index (χ2v) is 7.33. The molecule has 0 aliphatic heterocycles. The summed E-state index contributed by atoms with van der Waals surface area (Å²) in [6.45, 7) is 7.15. The van der Waals surface area contributed by atoms with Gasteiger partial charge in [-0.2, -0.15) is 0 Å². The summed E-state index contributed by atoms with van der Waals surface area (Å²) in [4.78, 5) is 11.2. The molecule has 0 radical (unpaired) electrons. The van der Waals surface area contributed by atoms with E-state index in [1.165, 1.54) is 12.1 Å². The molecule has 0 aliphatic rings. The topological polar surface area (TPSA) is 131 Å². The lowest BCUT2D eigenvalue weighted by molar-refractivity contribution is 0.00848. The van der Waals surface area contributed by atoms with Gasteiger partial charge < -0.3 is 29.9 Å². The van der Waals surface area contributed by atoms with Crippen molar-refractivity contribution < 1.29 is 29.9 Å². The third-order valence-corrected chi connectivity index (χ3v) is 4.93. The number of allylic oxidation sites excluding steroid dienone is 1. The van der Waals surface area contributed by atoms with E-state index in [-0.39, 0.29) is 30.3 Å². The first kappa shape index (κ1) is 24.1. The van der Waals surface area contributed by atoms with Crippen molar-refractivity contribution in [2.75, 3.05) is 0 Å². The Labute approximate surface area is 165 Å². The number of hydrogen-bond donors (Lipinski definition) is 5. The van der Waals surface area contributed by atoms with Crippen molar-refractivity contribution in [1.82, 2.24) is 0 Å². The molecule has 0 fully saturated rings. The lowest BCUT2D eigenvalue weighted by atomic mass is 9.91. The van der Waals surface area contributed by atoms with Crippen LogP contribution in [-0.2, 0) is 6.42 Å². The van der Waals surface area contributed by atoms with E-state index >= 15 is 0 Å². The Morgan fingerprint density at radius 1 is 1.14 bits per heavy atom. The molecule has 5 N–H and O–H groups in total. The van der Waals surface area contributed by atoms with Crippen LogP contribution in [0.1, 0.15) is 39.9 Å². The Bertz CT molecular complexity index is 722. The normalized spacial score (nSPS) is 19.2. The molecule has 0 bridgehead atoms. The van der Waals surface area contributed by atoms with Gasteiger partial charge in [0.05, 0.1) is 30.5 Å². The minimum Gasteiger partial charge on any atom is -0.508 e. The van der Waals surface area contributed by atoms with Gasteiger partial charge >= 0.3 is 5.63 Å². The fourth-order valence-electron chi connectivity index (χ4n) is 2.81. The lowest BCUT2D eigenvalue weighted by Crippen LogP contribution is -2.32. The fraction of sp³-hybridized carbons (Fsp3) is 0.571. The maximum absolute atomic E-state index is 11.2. The summed E-state index contributed by atoms with van der Waals surface area (Å²) in [6, 6.07) is 2.16. The predicted molar refractivity (Wildman–Crippen MR) is 106 cm³/mol. The van der Waals surface area contributed by atoms with Gasteiger partial charge in [-0.25, -0.2) is 4.79 Å². The summed E-state index contributed by atoms with van der Waals surface area (Å²) >= 11 is 0. The molecule has 1 aromatic heterocycles. The first-order chi connectivity index (χ1) is 13.0. The van der Waals surface area contributed by atoms with Gasteiger partial charge in [-0.15, -0.1) is 0 Å². The maximum atomic E-state index is 11.2. The molecule has 0 unspecified atom stereocenters. The van der Waals surface area contributed by atoms with Crippen molar-refractivity contribution in [2.24, 2.45) is 11.8 Å². The number of aliphatic hydroxyl groups excluding tert-OH is 4. The molecule has 1 aromatic rings. The molecular weight excluding hydrogens is 364 g/mol. The van der Waals surface area contributed by atoms with Crippen LogP contribution in [0.25, 0.3) is 0 Å². The van der Waals surface area contributed by atoms with Crippen LogP contribution in [0.5, 0.6) is 5.75 Å². The van der Waals surface area contributed by atoms with Gasteiger partial charge in [-0.3, -0.25) is 0 Å². The molecule has 1 heterocycles. The summed E-state index contributed by atoms with van der Waals surface area (Å²) in [5, 5.41) is 50.2. The average Bonchev–Trinajstić information content (AvgIpc) is 2.62. The highest BCUT2D eigenvalue weighted by Gasteiger charge is 2.24. The lowest BCUT2D eigenvalue weighted by Gasteiger charge is -2.24. The zero-order valence-corrected chi connectivity index (χ0v) is 16.8. The largest absolute Gasteiger partial charge is 0.508 e. The fourth-order valence-corrected chi connectivity index (χ4v) is 2.81. The van der Waals surface area contributed by atoms with Gasteiger partial charge in [0.1, 0.15) is 11.5 Å². The summed E-state index contributed by atoms with van der Waals surface area (Å²) in [7, 11) is 0. The molecule has 0 amide bonds. The van der Waals surface area contributed by atoms with Crippen LogP contribution in [0.4, 0.5) is 0 Å². The number of hydrogen-bond acceptors (Lipinski definition) is 7. The quantitative estimate of drug-likeness (QED) is 0.379. The van der Waals surface area contributed by atoms with Crippen molar-refractivity contribution in [1.29, 1.82) is 0 Å². The van der Waals surface area contributed by atoms with Crippen molar-refractivity contribution in [3.8, 4) is 5.75 Å². The average molecular weight is 396 g/mol. The maximum Gasteiger partial charge on any atom is 0.339 e. The zero-order valence-electron chi connectivity index (χ0n) is 16.8.